The summed E-state index contributed by atoms with van der Waals surface area (Å²) in [6.07, 6.45) is 4.70. The summed E-state index contributed by atoms with van der Waals surface area (Å²) < 4.78 is 15.7. The number of hydrogen-bond acceptors (Lipinski definition) is 7. The number of hydrogen-bond donors (Lipinski definition) is 2. The second-order valence-corrected chi connectivity index (χ2v) is 8.05. The Morgan fingerprint density at radius 1 is 1.26 bits per heavy atom. The minimum atomic E-state index is -0.717. The van der Waals surface area contributed by atoms with Gasteiger partial charge >= 0.3 is 12.0 Å². The molecule has 0 fully saturated rings. The number of H-pyrrole nitrogens is 1. The Kier molecular flexibility index (Phi) is 7.67. The van der Waals surface area contributed by atoms with Gasteiger partial charge in [0.2, 0.25) is 0 Å². The molecule has 2 heterocycles. The Hall–Kier alpha value is -2.88. The number of aromatic nitrogens is 2. The van der Waals surface area contributed by atoms with Crippen molar-refractivity contribution in [3.8, 4) is 11.5 Å². The van der Waals surface area contributed by atoms with Gasteiger partial charge in [-0.25, -0.2) is 14.6 Å². The molecule has 168 valence electrons. The molecule has 1 aromatic carbocycles. The highest BCUT2D eigenvalue weighted by molar-refractivity contribution is 7.98. The Balaban J connectivity index is 1.95. The number of carbonyl (C=O) groups is 2. The Morgan fingerprint density at radius 2 is 1.97 bits per heavy atom. The van der Waals surface area contributed by atoms with Crippen molar-refractivity contribution in [3.05, 3.63) is 41.5 Å². The standard InChI is InChI=1S/C21H28N4O5S/c1-28-14-9-13(10-15(11-14)29-2)19-18-16(22-12-23-18)5-7-25(19)21(27)24-17(6-8-31-4)20(26)30-3/h9-12,17,19H,5-8H2,1-4H3,(H,22,23)(H,24,27)/t17-,19-/m1/s1. The number of thioether (sulfide) groups is 1. The molecular formula is C21H28N4O5S. The van der Waals surface area contributed by atoms with Crippen molar-refractivity contribution in [2.75, 3.05) is 39.9 Å². The Bertz CT molecular complexity index is 897. The van der Waals surface area contributed by atoms with E-state index in [9.17, 15) is 9.59 Å². The predicted octanol–water partition coefficient (Wildman–Crippen LogP) is 2.38. The number of methoxy groups -OCH3 is 3. The van der Waals surface area contributed by atoms with Gasteiger partial charge in [-0.15, -0.1) is 0 Å². The summed E-state index contributed by atoms with van der Waals surface area (Å²) in [5.74, 6) is 1.49. The number of ether oxygens (including phenoxy) is 3. The SMILES string of the molecule is COC(=O)[C@@H](CCSC)NC(=O)N1CCc2[nH]cnc2[C@H]1c1cc(OC)cc(OC)c1. The lowest BCUT2D eigenvalue weighted by Crippen LogP contribution is -2.51. The highest BCUT2D eigenvalue weighted by Gasteiger charge is 2.36. The quantitative estimate of drug-likeness (QED) is 0.597. The zero-order chi connectivity index (χ0) is 22.4. The van der Waals surface area contributed by atoms with Crippen LogP contribution in [0.1, 0.15) is 29.4 Å². The lowest BCUT2D eigenvalue weighted by molar-refractivity contribution is -0.142. The molecule has 0 saturated carbocycles. The number of benzene rings is 1. The van der Waals surface area contributed by atoms with Crippen LogP contribution in [0.2, 0.25) is 0 Å². The van der Waals surface area contributed by atoms with Crippen LogP contribution in [0.4, 0.5) is 4.79 Å². The summed E-state index contributed by atoms with van der Waals surface area (Å²) in [5, 5.41) is 2.85. The molecule has 0 unspecified atom stereocenters. The van der Waals surface area contributed by atoms with Crippen LogP contribution in [-0.4, -0.2) is 72.8 Å². The van der Waals surface area contributed by atoms with E-state index in [1.807, 2.05) is 18.4 Å². The van der Waals surface area contributed by atoms with E-state index in [-0.39, 0.29) is 6.03 Å². The number of nitrogens with one attached hydrogen (secondary N) is 2. The molecule has 10 heteroatoms. The van der Waals surface area contributed by atoms with E-state index in [0.29, 0.717) is 30.9 Å². The molecule has 0 spiro atoms. The fourth-order valence-electron chi connectivity index (χ4n) is 3.68. The molecule has 31 heavy (non-hydrogen) atoms. The van der Waals surface area contributed by atoms with Gasteiger partial charge in [-0.3, -0.25) is 0 Å². The molecule has 0 saturated heterocycles. The fourth-order valence-corrected chi connectivity index (χ4v) is 4.15. The first-order chi connectivity index (χ1) is 15.0. The normalized spacial score (nSPS) is 16.3. The lowest BCUT2D eigenvalue weighted by Gasteiger charge is -2.36. The van der Waals surface area contributed by atoms with Crippen molar-refractivity contribution in [1.82, 2.24) is 20.2 Å². The number of rotatable bonds is 8. The zero-order valence-corrected chi connectivity index (χ0v) is 19.0. The molecule has 2 N–H and O–H groups in total. The van der Waals surface area contributed by atoms with Crippen molar-refractivity contribution < 1.29 is 23.8 Å². The Morgan fingerprint density at radius 3 is 2.58 bits per heavy atom. The average molecular weight is 449 g/mol. The third kappa shape index (κ3) is 5.07. The predicted molar refractivity (Wildman–Crippen MR) is 118 cm³/mol. The number of esters is 1. The van der Waals surface area contributed by atoms with E-state index in [2.05, 4.69) is 15.3 Å². The molecule has 1 aromatic heterocycles. The van der Waals surface area contributed by atoms with Crippen molar-refractivity contribution in [2.24, 2.45) is 0 Å². The molecule has 3 rings (SSSR count). The maximum absolute atomic E-state index is 13.3. The number of nitrogens with zero attached hydrogens (tertiary/aromatic N) is 2. The summed E-state index contributed by atoms with van der Waals surface area (Å²) in [5.41, 5.74) is 2.54. The van der Waals surface area contributed by atoms with E-state index >= 15 is 0 Å². The molecule has 2 amide bonds. The molecule has 2 aromatic rings. The van der Waals surface area contributed by atoms with Crippen LogP contribution in [0.5, 0.6) is 11.5 Å². The van der Waals surface area contributed by atoms with Crippen molar-refractivity contribution in [1.29, 1.82) is 0 Å². The highest BCUT2D eigenvalue weighted by atomic mass is 32.2. The van der Waals surface area contributed by atoms with Crippen molar-refractivity contribution >= 4 is 23.8 Å². The fraction of sp³-hybridized carbons (Fsp3) is 0.476. The minimum absolute atomic E-state index is 0.350. The lowest BCUT2D eigenvalue weighted by atomic mass is 9.95. The van der Waals surface area contributed by atoms with Crippen molar-refractivity contribution in [2.45, 2.75) is 24.9 Å². The maximum Gasteiger partial charge on any atom is 0.328 e. The van der Waals surface area contributed by atoms with Gasteiger partial charge in [0.1, 0.15) is 23.6 Å². The van der Waals surface area contributed by atoms with Gasteiger partial charge < -0.3 is 29.4 Å². The molecule has 0 radical (unpaired) electrons. The topological polar surface area (TPSA) is 106 Å². The summed E-state index contributed by atoms with van der Waals surface area (Å²) >= 11 is 1.60. The molecule has 2 atom stereocenters. The molecule has 0 aliphatic carbocycles. The van der Waals surface area contributed by atoms with Gasteiger partial charge in [0.25, 0.3) is 0 Å². The summed E-state index contributed by atoms with van der Waals surface area (Å²) in [4.78, 5) is 34.8. The second kappa shape index (κ2) is 10.4. The van der Waals surface area contributed by atoms with E-state index in [0.717, 1.165) is 22.7 Å². The van der Waals surface area contributed by atoms with Crippen LogP contribution < -0.4 is 14.8 Å². The van der Waals surface area contributed by atoms with Crippen LogP contribution in [0.25, 0.3) is 0 Å². The van der Waals surface area contributed by atoms with Gasteiger partial charge in [-0.1, -0.05) is 0 Å². The van der Waals surface area contributed by atoms with E-state index in [4.69, 9.17) is 14.2 Å². The number of carbonyl (C=O) groups excluding carboxylic acids is 2. The molecule has 1 aliphatic rings. The molecule has 1 aliphatic heterocycles. The van der Waals surface area contributed by atoms with E-state index in [1.54, 1.807) is 43.3 Å². The van der Waals surface area contributed by atoms with Crippen LogP contribution in [0.3, 0.4) is 0 Å². The molecular weight excluding hydrogens is 420 g/mol. The highest BCUT2D eigenvalue weighted by Crippen LogP contribution is 2.37. The number of fused-ring (bicyclic) bond motifs is 1. The van der Waals surface area contributed by atoms with Crippen LogP contribution in [0.15, 0.2) is 24.5 Å². The minimum Gasteiger partial charge on any atom is -0.497 e. The summed E-state index contributed by atoms with van der Waals surface area (Å²) in [6, 6.07) is 3.98. The van der Waals surface area contributed by atoms with Crippen LogP contribution in [0, 0.1) is 0 Å². The number of amides is 2. The number of urea groups is 1. The second-order valence-electron chi connectivity index (χ2n) is 7.06. The molecule has 9 nitrogen and oxygen atoms in total. The van der Waals surface area contributed by atoms with Crippen molar-refractivity contribution in [3.63, 3.8) is 0 Å². The van der Waals surface area contributed by atoms with E-state index < -0.39 is 18.1 Å². The average Bonchev–Trinajstić information content (AvgIpc) is 3.28. The summed E-state index contributed by atoms with van der Waals surface area (Å²) in [7, 11) is 4.48. The monoisotopic (exact) mass is 448 g/mol. The largest absolute Gasteiger partial charge is 0.497 e. The summed E-state index contributed by atoms with van der Waals surface area (Å²) in [6.45, 7) is 0.460. The first kappa shape index (κ1) is 22.8. The van der Waals surface area contributed by atoms with Gasteiger partial charge in [0.15, 0.2) is 0 Å². The van der Waals surface area contributed by atoms with Gasteiger partial charge in [-0.2, -0.15) is 11.8 Å². The van der Waals surface area contributed by atoms with Gasteiger partial charge in [0.05, 0.1) is 33.4 Å². The first-order valence-corrected chi connectivity index (χ1v) is 11.3. The smallest absolute Gasteiger partial charge is 0.328 e. The molecule has 0 bridgehead atoms. The number of aromatic amines is 1. The van der Waals surface area contributed by atoms with Crippen LogP contribution >= 0.6 is 11.8 Å². The van der Waals surface area contributed by atoms with Gasteiger partial charge in [-0.05, 0) is 36.1 Å². The third-order valence-corrected chi connectivity index (χ3v) is 5.91. The maximum atomic E-state index is 13.3. The zero-order valence-electron chi connectivity index (χ0n) is 18.1. The van der Waals surface area contributed by atoms with E-state index in [1.165, 1.54) is 7.11 Å². The Labute approximate surface area is 185 Å². The van der Waals surface area contributed by atoms with Gasteiger partial charge in [0, 0.05) is 24.7 Å². The third-order valence-electron chi connectivity index (χ3n) is 5.27. The number of imidazole rings is 1. The first-order valence-electron chi connectivity index (χ1n) is 9.91. The van der Waals surface area contributed by atoms with Crippen LogP contribution in [-0.2, 0) is 16.0 Å².